The minimum Gasteiger partial charge on any atom is -0.388 e. The average molecular weight is 277 g/mol. The maximum Gasteiger partial charge on any atom is 0.273 e. The molecule has 0 heterocycles. The molecule has 2 atom stereocenters. The van der Waals surface area contributed by atoms with Gasteiger partial charge in [-0.1, -0.05) is 26.2 Å². The first-order chi connectivity index (χ1) is 9.60. The van der Waals surface area contributed by atoms with Crippen LogP contribution in [0.5, 0.6) is 0 Å². The van der Waals surface area contributed by atoms with Crippen LogP contribution in [0.15, 0.2) is 18.2 Å². The molecule has 0 bridgehead atoms. The Hall–Kier alpha value is -1.78. The van der Waals surface area contributed by atoms with Gasteiger partial charge in [-0.15, -0.1) is 0 Å². The fourth-order valence-corrected chi connectivity index (χ4v) is 2.91. The van der Waals surface area contributed by atoms with E-state index in [1.165, 1.54) is 25.7 Å². The van der Waals surface area contributed by atoms with Crippen LogP contribution in [0.4, 0.5) is 17.1 Å². The molecule has 1 aliphatic carbocycles. The first-order valence-corrected chi connectivity index (χ1v) is 7.31. The molecular weight excluding hydrogens is 254 g/mol. The van der Waals surface area contributed by atoms with Gasteiger partial charge in [0, 0.05) is 37.1 Å². The lowest BCUT2D eigenvalue weighted by molar-refractivity contribution is -0.384. The summed E-state index contributed by atoms with van der Waals surface area (Å²) in [5.41, 5.74) is 1.70. The maximum absolute atomic E-state index is 10.9. The highest BCUT2D eigenvalue weighted by molar-refractivity contribution is 5.63. The van der Waals surface area contributed by atoms with E-state index in [0.29, 0.717) is 5.92 Å². The Kier molecular flexibility index (Phi) is 4.82. The number of hydrogen-bond donors (Lipinski definition) is 2. The van der Waals surface area contributed by atoms with Gasteiger partial charge in [0.05, 0.1) is 4.92 Å². The summed E-state index contributed by atoms with van der Waals surface area (Å²) in [7, 11) is 1.77. The van der Waals surface area contributed by atoms with Crippen LogP contribution in [-0.4, -0.2) is 18.5 Å². The highest BCUT2D eigenvalue weighted by Crippen LogP contribution is 2.30. The molecule has 2 rings (SSSR count). The normalized spacial score (nSPS) is 22.3. The summed E-state index contributed by atoms with van der Waals surface area (Å²) >= 11 is 0. The zero-order valence-corrected chi connectivity index (χ0v) is 12.2. The van der Waals surface area contributed by atoms with Crippen LogP contribution in [0, 0.1) is 22.0 Å². The number of nitro groups is 1. The molecule has 1 fully saturated rings. The molecule has 5 heteroatoms. The summed E-state index contributed by atoms with van der Waals surface area (Å²) in [5.74, 6) is 1.40. The highest BCUT2D eigenvalue weighted by Gasteiger charge is 2.21. The van der Waals surface area contributed by atoms with E-state index in [0.717, 1.165) is 23.8 Å². The Balaban J connectivity index is 2.04. The van der Waals surface area contributed by atoms with Crippen LogP contribution in [0.3, 0.4) is 0 Å². The zero-order valence-electron chi connectivity index (χ0n) is 12.2. The molecule has 1 saturated carbocycles. The number of rotatable bonds is 5. The molecule has 0 saturated heterocycles. The van der Waals surface area contributed by atoms with Crippen LogP contribution in [0.1, 0.15) is 32.6 Å². The second kappa shape index (κ2) is 6.59. The van der Waals surface area contributed by atoms with Gasteiger partial charge in [-0.25, -0.2) is 0 Å². The van der Waals surface area contributed by atoms with Gasteiger partial charge in [0.15, 0.2) is 0 Å². The molecule has 20 heavy (non-hydrogen) atoms. The second-order valence-corrected chi connectivity index (χ2v) is 5.68. The summed E-state index contributed by atoms with van der Waals surface area (Å²) in [4.78, 5) is 10.6. The standard InChI is InChI=1S/C15H23N3O2/c1-11-5-3-4-6-12(11)10-17-14-7-13(16-2)8-15(9-14)18(19)20/h7-9,11-12,16-17H,3-6,10H2,1-2H3. The number of nitrogens with one attached hydrogen (secondary N) is 2. The van der Waals surface area contributed by atoms with Crippen molar-refractivity contribution in [1.29, 1.82) is 0 Å². The molecule has 0 amide bonds. The number of nitrogens with zero attached hydrogens (tertiary/aromatic N) is 1. The monoisotopic (exact) mass is 277 g/mol. The zero-order chi connectivity index (χ0) is 14.5. The number of non-ortho nitro benzene ring substituents is 1. The number of hydrogen-bond acceptors (Lipinski definition) is 4. The van der Waals surface area contributed by atoms with Gasteiger partial charge in [0.25, 0.3) is 5.69 Å². The molecular formula is C15H23N3O2. The smallest absolute Gasteiger partial charge is 0.273 e. The van der Waals surface area contributed by atoms with Crippen LogP contribution < -0.4 is 10.6 Å². The Morgan fingerprint density at radius 2 is 1.95 bits per heavy atom. The van der Waals surface area contributed by atoms with Crippen LogP contribution in [-0.2, 0) is 0 Å². The quantitative estimate of drug-likeness (QED) is 0.633. The Bertz CT molecular complexity index is 476. The second-order valence-electron chi connectivity index (χ2n) is 5.68. The van der Waals surface area contributed by atoms with Gasteiger partial charge < -0.3 is 10.6 Å². The third-order valence-electron chi connectivity index (χ3n) is 4.27. The maximum atomic E-state index is 10.9. The SMILES string of the molecule is CNc1cc(NCC2CCCCC2C)cc([N+](=O)[O-])c1. The average Bonchev–Trinajstić information content (AvgIpc) is 2.46. The van der Waals surface area contributed by atoms with Gasteiger partial charge in [-0.05, 0) is 24.3 Å². The number of anilines is 2. The van der Waals surface area contributed by atoms with E-state index in [1.54, 1.807) is 19.2 Å². The summed E-state index contributed by atoms with van der Waals surface area (Å²) < 4.78 is 0. The van der Waals surface area contributed by atoms with Crippen molar-refractivity contribution < 1.29 is 4.92 Å². The largest absolute Gasteiger partial charge is 0.388 e. The van der Waals surface area contributed by atoms with Gasteiger partial charge in [-0.3, -0.25) is 10.1 Å². The predicted molar refractivity (Wildman–Crippen MR) is 82.3 cm³/mol. The van der Waals surface area contributed by atoms with Gasteiger partial charge in [0.2, 0.25) is 0 Å². The summed E-state index contributed by atoms with van der Waals surface area (Å²) in [6.45, 7) is 3.20. The topological polar surface area (TPSA) is 67.2 Å². The van der Waals surface area contributed by atoms with Crippen molar-refractivity contribution in [1.82, 2.24) is 0 Å². The molecule has 2 N–H and O–H groups in total. The minimum absolute atomic E-state index is 0.121. The molecule has 1 aromatic carbocycles. The Labute approximate surface area is 119 Å². The van der Waals surface area contributed by atoms with Gasteiger partial charge in [0.1, 0.15) is 0 Å². The fourth-order valence-electron chi connectivity index (χ4n) is 2.91. The van der Waals surface area contributed by atoms with Crippen molar-refractivity contribution >= 4 is 17.1 Å². The third-order valence-corrected chi connectivity index (χ3v) is 4.27. The molecule has 1 aromatic rings. The van der Waals surface area contributed by atoms with E-state index in [4.69, 9.17) is 0 Å². The van der Waals surface area contributed by atoms with Crippen LogP contribution >= 0.6 is 0 Å². The summed E-state index contributed by atoms with van der Waals surface area (Å²) in [6.07, 6.45) is 5.18. The molecule has 5 nitrogen and oxygen atoms in total. The molecule has 110 valence electrons. The van der Waals surface area contributed by atoms with Crippen molar-refractivity contribution in [2.24, 2.45) is 11.8 Å². The molecule has 0 aliphatic heterocycles. The third kappa shape index (κ3) is 3.62. The molecule has 0 aromatic heterocycles. The van der Waals surface area contributed by atoms with E-state index in [2.05, 4.69) is 17.6 Å². The fraction of sp³-hybridized carbons (Fsp3) is 0.600. The number of nitro benzene ring substituents is 1. The van der Waals surface area contributed by atoms with E-state index in [9.17, 15) is 10.1 Å². The van der Waals surface area contributed by atoms with E-state index < -0.39 is 0 Å². The lowest BCUT2D eigenvalue weighted by Gasteiger charge is -2.29. The lowest BCUT2D eigenvalue weighted by atomic mass is 9.80. The number of benzene rings is 1. The van der Waals surface area contributed by atoms with E-state index in [1.807, 2.05) is 6.07 Å². The van der Waals surface area contributed by atoms with Gasteiger partial charge >= 0.3 is 0 Å². The highest BCUT2D eigenvalue weighted by atomic mass is 16.6. The van der Waals surface area contributed by atoms with E-state index >= 15 is 0 Å². The van der Waals surface area contributed by atoms with Crippen molar-refractivity contribution in [3.8, 4) is 0 Å². The first kappa shape index (κ1) is 14.6. The Morgan fingerprint density at radius 3 is 2.60 bits per heavy atom. The Morgan fingerprint density at radius 1 is 1.25 bits per heavy atom. The van der Waals surface area contributed by atoms with Crippen molar-refractivity contribution in [3.63, 3.8) is 0 Å². The first-order valence-electron chi connectivity index (χ1n) is 7.31. The predicted octanol–water partition coefficient (Wildman–Crippen LogP) is 3.87. The van der Waals surface area contributed by atoms with Crippen molar-refractivity contribution in [2.45, 2.75) is 32.6 Å². The van der Waals surface area contributed by atoms with Crippen molar-refractivity contribution in [2.75, 3.05) is 24.2 Å². The molecule has 0 spiro atoms. The van der Waals surface area contributed by atoms with Crippen LogP contribution in [0.2, 0.25) is 0 Å². The lowest BCUT2D eigenvalue weighted by Crippen LogP contribution is -2.24. The molecule has 2 unspecified atom stereocenters. The minimum atomic E-state index is -0.352. The summed E-state index contributed by atoms with van der Waals surface area (Å²) in [5, 5.41) is 17.3. The molecule has 1 aliphatic rings. The van der Waals surface area contributed by atoms with Gasteiger partial charge in [-0.2, -0.15) is 0 Å². The van der Waals surface area contributed by atoms with Crippen molar-refractivity contribution in [3.05, 3.63) is 28.3 Å². The van der Waals surface area contributed by atoms with E-state index in [-0.39, 0.29) is 10.6 Å². The van der Waals surface area contributed by atoms with Crippen LogP contribution in [0.25, 0.3) is 0 Å². The molecule has 0 radical (unpaired) electrons. The summed E-state index contributed by atoms with van der Waals surface area (Å²) in [6, 6.07) is 5.07.